The van der Waals surface area contributed by atoms with E-state index in [2.05, 4.69) is 14.9 Å². The minimum Gasteiger partial charge on any atom is -0.481 e. The molecule has 0 amide bonds. The molecule has 0 bridgehead atoms. The zero-order valence-corrected chi connectivity index (χ0v) is 11.5. The molecule has 7 heteroatoms. The van der Waals surface area contributed by atoms with Crippen molar-refractivity contribution < 1.29 is 9.47 Å². The van der Waals surface area contributed by atoms with Crippen LogP contribution in [0.15, 0.2) is 16.9 Å². The van der Waals surface area contributed by atoms with E-state index in [4.69, 9.17) is 9.47 Å². The number of H-pyrrole nitrogens is 1. The number of rotatable bonds is 4. The second-order valence-corrected chi connectivity index (χ2v) is 4.76. The Morgan fingerprint density at radius 2 is 2.15 bits per heavy atom. The van der Waals surface area contributed by atoms with Crippen molar-refractivity contribution in [1.82, 2.24) is 19.4 Å². The predicted molar refractivity (Wildman–Crippen MR) is 74.2 cm³/mol. The molecular formula is C13H18N4O3. The highest BCUT2D eigenvalue weighted by Crippen LogP contribution is 2.13. The van der Waals surface area contributed by atoms with Gasteiger partial charge in [0.2, 0.25) is 5.88 Å². The van der Waals surface area contributed by atoms with Gasteiger partial charge in [0.1, 0.15) is 0 Å². The molecule has 0 aliphatic carbocycles. The van der Waals surface area contributed by atoms with Crippen molar-refractivity contribution in [2.75, 3.05) is 40.0 Å². The van der Waals surface area contributed by atoms with E-state index >= 15 is 0 Å². The zero-order valence-electron chi connectivity index (χ0n) is 11.5. The fraction of sp³-hybridized carbons (Fsp3) is 0.538. The third-order valence-corrected chi connectivity index (χ3v) is 3.54. The Hall–Kier alpha value is -1.86. The molecule has 0 atom stereocenters. The second-order valence-electron chi connectivity index (χ2n) is 4.76. The standard InChI is InChI=1S/C13H18N4O3/c1-19-11-3-2-10-12(15-11)17(13(18)14-10)5-4-16-6-8-20-9-7-16/h2-3H,4-9H2,1H3,(H,14,18). The van der Waals surface area contributed by atoms with Crippen LogP contribution in [0.1, 0.15) is 0 Å². The van der Waals surface area contributed by atoms with Gasteiger partial charge in [-0.25, -0.2) is 4.79 Å². The quantitative estimate of drug-likeness (QED) is 0.856. The van der Waals surface area contributed by atoms with Crippen LogP contribution in [0.2, 0.25) is 0 Å². The fourth-order valence-corrected chi connectivity index (χ4v) is 2.40. The third kappa shape index (κ3) is 2.54. The molecule has 0 aromatic carbocycles. The van der Waals surface area contributed by atoms with Crippen molar-refractivity contribution in [3.63, 3.8) is 0 Å². The number of fused-ring (bicyclic) bond motifs is 1. The Balaban J connectivity index is 1.82. The number of ether oxygens (including phenoxy) is 2. The summed E-state index contributed by atoms with van der Waals surface area (Å²) in [6.07, 6.45) is 0. The van der Waals surface area contributed by atoms with E-state index in [-0.39, 0.29) is 5.69 Å². The van der Waals surface area contributed by atoms with Crippen LogP contribution in [-0.4, -0.2) is 59.4 Å². The van der Waals surface area contributed by atoms with E-state index in [1.165, 1.54) is 0 Å². The molecule has 3 heterocycles. The van der Waals surface area contributed by atoms with Crippen LogP contribution in [-0.2, 0) is 11.3 Å². The summed E-state index contributed by atoms with van der Waals surface area (Å²) in [4.78, 5) is 21.4. The molecule has 0 radical (unpaired) electrons. The molecule has 0 spiro atoms. The summed E-state index contributed by atoms with van der Waals surface area (Å²) in [7, 11) is 1.57. The minimum atomic E-state index is -0.131. The molecule has 1 N–H and O–H groups in total. The smallest absolute Gasteiger partial charge is 0.327 e. The summed E-state index contributed by atoms with van der Waals surface area (Å²) in [5, 5.41) is 0. The SMILES string of the molecule is COc1ccc2[nH]c(=O)n(CCN3CCOCC3)c2n1. The minimum absolute atomic E-state index is 0.131. The number of imidazole rings is 1. The van der Waals surface area contributed by atoms with Crippen LogP contribution < -0.4 is 10.4 Å². The van der Waals surface area contributed by atoms with E-state index in [1.807, 2.05) is 6.07 Å². The topological polar surface area (TPSA) is 72.4 Å². The van der Waals surface area contributed by atoms with Crippen LogP contribution in [0.5, 0.6) is 5.88 Å². The average Bonchev–Trinajstić information content (AvgIpc) is 2.80. The van der Waals surface area contributed by atoms with Crippen LogP contribution in [0, 0.1) is 0 Å². The van der Waals surface area contributed by atoms with Gasteiger partial charge in [0, 0.05) is 32.2 Å². The van der Waals surface area contributed by atoms with Gasteiger partial charge in [-0.3, -0.25) is 9.47 Å². The van der Waals surface area contributed by atoms with Crippen molar-refractivity contribution >= 4 is 11.2 Å². The first-order valence-corrected chi connectivity index (χ1v) is 6.71. The molecule has 1 aliphatic rings. The number of pyridine rings is 1. The first kappa shape index (κ1) is 13.1. The van der Waals surface area contributed by atoms with E-state index in [1.54, 1.807) is 17.7 Å². The summed E-state index contributed by atoms with van der Waals surface area (Å²) in [5.74, 6) is 0.511. The number of hydrogen-bond acceptors (Lipinski definition) is 5. The number of nitrogens with zero attached hydrogens (tertiary/aromatic N) is 3. The second kappa shape index (κ2) is 5.64. The maximum Gasteiger partial charge on any atom is 0.327 e. The zero-order chi connectivity index (χ0) is 13.9. The van der Waals surface area contributed by atoms with Crippen LogP contribution in [0.25, 0.3) is 11.2 Å². The fourth-order valence-electron chi connectivity index (χ4n) is 2.40. The normalized spacial score (nSPS) is 16.6. The van der Waals surface area contributed by atoms with Crippen molar-refractivity contribution in [3.8, 4) is 5.88 Å². The third-order valence-electron chi connectivity index (χ3n) is 3.54. The lowest BCUT2D eigenvalue weighted by atomic mass is 10.4. The molecule has 2 aromatic heterocycles. The number of nitrogens with one attached hydrogen (secondary N) is 1. The molecule has 3 rings (SSSR count). The molecule has 1 aliphatic heterocycles. The highest BCUT2D eigenvalue weighted by molar-refractivity contribution is 5.71. The molecule has 0 unspecified atom stereocenters. The van der Waals surface area contributed by atoms with Crippen molar-refractivity contribution in [3.05, 3.63) is 22.6 Å². The molecule has 0 saturated carbocycles. The molecule has 7 nitrogen and oxygen atoms in total. The maximum absolute atomic E-state index is 12.0. The lowest BCUT2D eigenvalue weighted by Gasteiger charge is -2.26. The van der Waals surface area contributed by atoms with Gasteiger partial charge in [-0.15, -0.1) is 0 Å². The van der Waals surface area contributed by atoms with Gasteiger partial charge in [-0.2, -0.15) is 4.98 Å². The van der Waals surface area contributed by atoms with Crippen LogP contribution in [0.4, 0.5) is 0 Å². The monoisotopic (exact) mass is 278 g/mol. The van der Waals surface area contributed by atoms with Gasteiger partial charge in [0.05, 0.1) is 25.8 Å². The molecule has 2 aromatic rings. The van der Waals surface area contributed by atoms with E-state index in [9.17, 15) is 4.79 Å². The Morgan fingerprint density at radius 1 is 1.35 bits per heavy atom. The lowest BCUT2D eigenvalue weighted by molar-refractivity contribution is 0.0364. The van der Waals surface area contributed by atoms with Crippen molar-refractivity contribution in [1.29, 1.82) is 0 Å². The van der Waals surface area contributed by atoms with E-state index in [0.717, 1.165) is 38.4 Å². The number of aromatic amines is 1. The van der Waals surface area contributed by atoms with Gasteiger partial charge < -0.3 is 14.5 Å². The van der Waals surface area contributed by atoms with Gasteiger partial charge in [0.25, 0.3) is 0 Å². The highest BCUT2D eigenvalue weighted by Gasteiger charge is 2.13. The maximum atomic E-state index is 12.0. The van der Waals surface area contributed by atoms with Gasteiger partial charge >= 0.3 is 5.69 Å². The number of aromatic nitrogens is 3. The molecule has 108 valence electrons. The van der Waals surface area contributed by atoms with Crippen molar-refractivity contribution in [2.45, 2.75) is 6.54 Å². The lowest BCUT2D eigenvalue weighted by Crippen LogP contribution is -2.39. The number of methoxy groups -OCH3 is 1. The molecular weight excluding hydrogens is 260 g/mol. The molecule has 1 saturated heterocycles. The predicted octanol–water partition coefficient (Wildman–Crippen LogP) is 0.0654. The summed E-state index contributed by atoms with van der Waals surface area (Å²) < 4.78 is 12.1. The van der Waals surface area contributed by atoms with Gasteiger partial charge in [0.15, 0.2) is 5.65 Å². The Bertz CT molecular complexity index is 643. The summed E-state index contributed by atoms with van der Waals surface area (Å²) in [6, 6.07) is 3.55. The number of morpholine rings is 1. The largest absolute Gasteiger partial charge is 0.481 e. The Kier molecular flexibility index (Phi) is 3.70. The first-order chi connectivity index (χ1) is 9.78. The van der Waals surface area contributed by atoms with E-state index < -0.39 is 0 Å². The molecule has 1 fully saturated rings. The average molecular weight is 278 g/mol. The Morgan fingerprint density at radius 3 is 2.90 bits per heavy atom. The van der Waals surface area contributed by atoms with Crippen LogP contribution >= 0.6 is 0 Å². The number of hydrogen-bond donors (Lipinski definition) is 1. The summed E-state index contributed by atoms with van der Waals surface area (Å²) in [6.45, 7) is 4.76. The first-order valence-electron chi connectivity index (χ1n) is 6.71. The Labute approximate surface area is 116 Å². The summed E-state index contributed by atoms with van der Waals surface area (Å²) >= 11 is 0. The van der Waals surface area contributed by atoms with E-state index in [0.29, 0.717) is 18.1 Å². The van der Waals surface area contributed by atoms with Gasteiger partial charge in [-0.1, -0.05) is 0 Å². The molecule has 20 heavy (non-hydrogen) atoms. The van der Waals surface area contributed by atoms with Crippen molar-refractivity contribution in [2.24, 2.45) is 0 Å². The van der Waals surface area contributed by atoms with Gasteiger partial charge in [-0.05, 0) is 6.07 Å². The van der Waals surface area contributed by atoms with Crippen LogP contribution in [0.3, 0.4) is 0 Å². The summed E-state index contributed by atoms with van der Waals surface area (Å²) in [5.41, 5.74) is 1.24. The highest BCUT2D eigenvalue weighted by atomic mass is 16.5.